The molecule has 0 aliphatic carbocycles. The number of hydrogen-bond donors (Lipinski definition) is 0. The second-order valence-electron chi connectivity index (χ2n) is 8.38. The Hall–Kier alpha value is -3.15. The average molecular weight is 420 g/mol. The van der Waals surface area contributed by atoms with Crippen molar-refractivity contribution in [2.24, 2.45) is 0 Å². The summed E-state index contributed by atoms with van der Waals surface area (Å²) in [7, 11) is 1.82. The third kappa shape index (κ3) is 4.07. The van der Waals surface area contributed by atoms with Crippen LogP contribution in [0.15, 0.2) is 48.5 Å². The standard InChI is InChI=1S/C25H29N3O3/c1-3-4-15-26(2)23(29)19-13-11-18(12-14-19)17-28-21-9-6-5-8-20(21)24(30)27-16-7-10-22(27)25(28)31/h5-6,8-9,11-14,22H,3-4,7,10,15-17H2,1-2H3/t22-/m0/s1. The Morgan fingerprint density at radius 2 is 1.84 bits per heavy atom. The first-order chi connectivity index (χ1) is 15.0. The highest BCUT2D eigenvalue weighted by molar-refractivity contribution is 6.11. The molecule has 2 aromatic carbocycles. The molecule has 2 aromatic rings. The lowest BCUT2D eigenvalue weighted by atomic mass is 10.1. The lowest BCUT2D eigenvalue weighted by molar-refractivity contribution is -0.122. The number of fused-ring (bicyclic) bond motifs is 2. The van der Waals surface area contributed by atoms with Gasteiger partial charge in [0.25, 0.3) is 11.8 Å². The molecule has 1 fully saturated rings. The summed E-state index contributed by atoms with van der Waals surface area (Å²) >= 11 is 0. The van der Waals surface area contributed by atoms with Crippen LogP contribution in [0.3, 0.4) is 0 Å². The van der Waals surface area contributed by atoms with Gasteiger partial charge in [-0.25, -0.2) is 0 Å². The Labute approximate surface area is 183 Å². The van der Waals surface area contributed by atoms with E-state index in [0.29, 0.717) is 36.3 Å². The predicted octanol–water partition coefficient (Wildman–Crippen LogP) is 3.71. The minimum atomic E-state index is -0.395. The van der Waals surface area contributed by atoms with Gasteiger partial charge in [0, 0.05) is 25.7 Å². The third-order valence-corrected chi connectivity index (χ3v) is 6.23. The van der Waals surface area contributed by atoms with E-state index in [4.69, 9.17) is 0 Å². The molecule has 0 radical (unpaired) electrons. The largest absolute Gasteiger partial charge is 0.342 e. The first kappa shape index (κ1) is 21.1. The highest BCUT2D eigenvalue weighted by Gasteiger charge is 2.41. The van der Waals surface area contributed by atoms with Crippen molar-refractivity contribution in [1.82, 2.24) is 9.80 Å². The van der Waals surface area contributed by atoms with E-state index in [2.05, 4.69) is 6.92 Å². The number of benzene rings is 2. The van der Waals surface area contributed by atoms with Crippen LogP contribution in [-0.2, 0) is 11.3 Å². The Balaban J connectivity index is 1.58. The van der Waals surface area contributed by atoms with Crippen molar-refractivity contribution < 1.29 is 14.4 Å². The number of amides is 3. The van der Waals surface area contributed by atoms with Crippen LogP contribution in [-0.4, -0.2) is 53.7 Å². The summed E-state index contributed by atoms with van der Waals surface area (Å²) in [6.07, 6.45) is 3.57. The maximum atomic E-state index is 13.4. The van der Waals surface area contributed by atoms with Gasteiger partial charge in [0.05, 0.1) is 17.8 Å². The van der Waals surface area contributed by atoms with Crippen molar-refractivity contribution in [2.45, 2.75) is 45.2 Å². The van der Waals surface area contributed by atoms with E-state index in [1.807, 2.05) is 49.5 Å². The van der Waals surface area contributed by atoms with Crippen molar-refractivity contribution in [3.8, 4) is 0 Å². The van der Waals surface area contributed by atoms with Crippen LogP contribution in [0, 0.1) is 0 Å². The van der Waals surface area contributed by atoms with Crippen LogP contribution in [0.25, 0.3) is 0 Å². The summed E-state index contributed by atoms with van der Waals surface area (Å²) in [5, 5.41) is 0. The number of carbonyl (C=O) groups excluding carboxylic acids is 3. The fourth-order valence-electron chi connectivity index (χ4n) is 4.43. The molecule has 0 N–H and O–H groups in total. The van der Waals surface area contributed by atoms with Crippen LogP contribution in [0.4, 0.5) is 5.69 Å². The summed E-state index contributed by atoms with van der Waals surface area (Å²) in [6.45, 7) is 3.84. The quantitative estimate of drug-likeness (QED) is 0.717. The smallest absolute Gasteiger partial charge is 0.256 e. The summed E-state index contributed by atoms with van der Waals surface area (Å²) in [6, 6.07) is 14.4. The number of rotatable bonds is 6. The van der Waals surface area contributed by atoms with Crippen LogP contribution in [0.2, 0.25) is 0 Å². The van der Waals surface area contributed by atoms with Crippen LogP contribution in [0.5, 0.6) is 0 Å². The van der Waals surface area contributed by atoms with Gasteiger partial charge in [0.2, 0.25) is 5.91 Å². The molecule has 6 heteroatoms. The van der Waals surface area contributed by atoms with Crippen molar-refractivity contribution in [3.05, 3.63) is 65.2 Å². The molecule has 2 aliphatic heterocycles. The third-order valence-electron chi connectivity index (χ3n) is 6.23. The fraction of sp³-hybridized carbons (Fsp3) is 0.400. The lowest BCUT2D eigenvalue weighted by Gasteiger charge is -2.26. The molecule has 0 bridgehead atoms. The van der Waals surface area contributed by atoms with E-state index in [1.54, 1.807) is 20.8 Å². The number of anilines is 1. The Bertz CT molecular complexity index is 986. The Morgan fingerprint density at radius 1 is 1.10 bits per heavy atom. The van der Waals surface area contributed by atoms with Crippen molar-refractivity contribution in [3.63, 3.8) is 0 Å². The maximum absolute atomic E-state index is 13.4. The first-order valence-corrected chi connectivity index (χ1v) is 11.1. The molecule has 1 saturated heterocycles. The highest BCUT2D eigenvalue weighted by atomic mass is 16.2. The SMILES string of the molecule is CCCCN(C)C(=O)c1ccc(CN2C(=O)[C@@H]3CCCN3C(=O)c3ccccc32)cc1. The van der Waals surface area contributed by atoms with Gasteiger partial charge < -0.3 is 14.7 Å². The normalized spacial score (nSPS) is 17.9. The Morgan fingerprint density at radius 3 is 2.58 bits per heavy atom. The number of para-hydroxylation sites is 1. The van der Waals surface area contributed by atoms with Gasteiger partial charge in [0.1, 0.15) is 6.04 Å². The summed E-state index contributed by atoms with van der Waals surface area (Å²) in [4.78, 5) is 44.2. The molecule has 0 saturated carbocycles. The molecule has 162 valence electrons. The molecule has 1 atom stereocenters. The zero-order valence-electron chi connectivity index (χ0n) is 18.2. The van der Waals surface area contributed by atoms with Crippen LogP contribution < -0.4 is 4.90 Å². The molecular weight excluding hydrogens is 390 g/mol. The molecule has 31 heavy (non-hydrogen) atoms. The molecule has 2 heterocycles. The predicted molar refractivity (Wildman–Crippen MR) is 120 cm³/mol. The zero-order chi connectivity index (χ0) is 22.0. The lowest BCUT2D eigenvalue weighted by Crippen LogP contribution is -2.44. The summed E-state index contributed by atoms with van der Waals surface area (Å²) < 4.78 is 0. The van der Waals surface area contributed by atoms with Crippen molar-refractivity contribution in [1.29, 1.82) is 0 Å². The number of unbranched alkanes of at least 4 members (excludes halogenated alkanes) is 1. The van der Waals surface area contributed by atoms with Gasteiger partial charge in [-0.3, -0.25) is 14.4 Å². The van der Waals surface area contributed by atoms with Crippen molar-refractivity contribution in [2.75, 3.05) is 25.0 Å². The number of nitrogens with zero attached hydrogens (tertiary/aromatic N) is 3. The second-order valence-corrected chi connectivity index (χ2v) is 8.38. The molecule has 0 aromatic heterocycles. The monoisotopic (exact) mass is 419 g/mol. The van der Waals surface area contributed by atoms with Gasteiger partial charge in [0.15, 0.2) is 0 Å². The minimum Gasteiger partial charge on any atom is -0.342 e. The van der Waals surface area contributed by atoms with E-state index in [9.17, 15) is 14.4 Å². The molecule has 2 aliphatic rings. The summed E-state index contributed by atoms with van der Waals surface area (Å²) in [5.41, 5.74) is 2.80. The van der Waals surface area contributed by atoms with Gasteiger partial charge >= 0.3 is 0 Å². The molecular formula is C25H29N3O3. The first-order valence-electron chi connectivity index (χ1n) is 11.1. The highest BCUT2D eigenvalue weighted by Crippen LogP contribution is 2.33. The second kappa shape index (κ2) is 8.92. The van der Waals surface area contributed by atoms with E-state index in [-0.39, 0.29) is 17.7 Å². The molecule has 3 amide bonds. The summed E-state index contributed by atoms with van der Waals surface area (Å²) in [5.74, 6) is -0.0938. The van der Waals surface area contributed by atoms with E-state index < -0.39 is 6.04 Å². The van der Waals surface area contributed by atoms with E-state index >= 15 is 0 Å². The van der Waals surface area contributed by atoms with Gasteiger partial charge in [-0.05, 0) is 49.1 Å². The van der Waals surface area contributed by atoms with Gasteiger partial charge in [-0.2, -0.15) is 0 Å². The van der Waals surface area contributed by atoms with Gasteiger partial charge in [-0.15, -0.1) is 0 Å². The van der Waals surface area contributed by atoms with Crippen molar-refractivity contribution >= 4 is 23.4 Å². The van der Waals surface area contributed by atoms with Crippen LogP contribution >= 0.6 is 0 Å². The van der Waals surface area contributed by atoms with Gasteiger partial charge in [-0.1, -0.05) is 37.6 Å². The fourth-order valence-corrected chi connectivity index (χ4v) is 4.43. The maximum Gasteiger partial charge on any atom is 0.256 e. The van der Waals surface area contributed by atoms with Crippen LogP contribution in [0.1, 0.15) is 58.9 Å². The number of hydrogen-bond acceptors (Lipinski definition) is 3. The minimum absolute atomic E-state index is 0.00314. The Kier molecular flexibility index (Phi) is 6.07. The number of carbonyl (C=O) groups is 3. The van der Waals surface area contributed by atoms with E-state index in [0.717, 1.165) is 31.4 Å². The average Bonchev–Trinajstić information content (AvgIpc) is 3.27. The molecule has 0 spiro atoms. The molecule has 0 unspecified atom stereocenters. The zero-order valence-corrected chi connectivity index (χ0v) is 18.2. The topological polar surface area (TPSA) is 60.9 Å². The van der Waals surface area contributed by atoms with E-state index in [1.165, 1.54) is 0 Å². The molecule has 4 rings (SSSR count). The molecule has 6 nitrogen and oxygen atoms in total.